The van der Waals surface area contributed by atoms with Crippen molar-refractivity contribution in [2.75, 3.05) is 18.5 Å². The molecule has 0 radical (unpaired) electrons. The molecule has 0 saturated carbocycles. The van der Waals surface area contributed by atoms with Crippen LogP contribution in [0.25, 0.3) is 0 Å². The number of fused-ring (bicyclic) bond motifs is 1. The number of nitrogens with one attached hydrogen (secondary N) is 2. The lowest BCUT2D eigenvalue weighted by Gasteiger charge is -2.32. The summed E-state index contributed by atoms with van der Waals surface area (Å²) in [5.41, 5.74) is 2.72. The Morgan fingerprint density at radius 1 is 1.25 bits per heavy atom. The summed E-state index contributed by atoms with van der Waals surface area (Å²) in [6.07, 6.45) is 4.72. The predicted octanol–water partition coefficient (Wildman–Crippen LogP) is 0.119. The molecule has 3 rings (SSSR count). The molecule has 0 spiro atoms. The molecule has 0 aromatic carbocycles. The van der Waals surface area contributed by atoms with Gasteiger partial charge in [0.1, 0.15) is 0 Å². The molecule has 2 unspecified atom stereocenters. The molecule has 4 N–H and O–H groups in total. The number of amides is 1. The molecule has 108 valence electrons. The van der Waals surface area contributed by atoms with Crippen molar-refractivity contribution in [1.82, 2.24) is 20.4 Å². The number of hydrazine groups is 1. The van der Waals surface area contributed by atoms with Crippen molar-refractivity contribution in [3.8, 4) is 0 Å². The van der Waals surface area contributed by atoms with Crippen LogP contribution >= 0.6 is 0 Å². The van der Waals surface area contributed by atoms with Crippen molar-refractivity contribution in [3.05, 3.63) is 17.8 Å². The van der Waals surface area contributed by atoms with E-state index in [0.29, 0.717) is 17.6 Å². The molecule has 0 aliphatic carbocycles. The predicted molar refractivity (Wildman–Crippen MR) is 74.9 cm³/mol. The highest BCUT2D eigenvalue weighted by Crippen LogP contribution is 2.27. The Labute approximate surface area is 117 Å². The number of nitrogens with zero attached hydrogens (tertiary/aromatic N) is 3. The molecule has 1 aromatic heterocycles. The van der Waals surface area contributed by atoms with Gasteiger partial charge >= 0.3 is 0 Å². The third kappa shape index (κ3) is 2.59. The zero-order chi connectivity index (χ0) is 13.9. The van der Waals surface area contributed by atoms with Crippen molar-refractivity contribution >= 4 is 11.7 Å². The molecule has 2 fully saturated rings. The van der Waals surface area contributed by atoms with Gasteiger partial charge in [-0.2, -0.15) is 0 Å². The average Bonchev–Trinajstić information content (AvgIpc) is 2.91. The number of aromatic nitrogens is 2. The van der Waals surface area contributed by atoms with Crippen molar-refractivity contribution in [3.63, 3.8) is 0 Å². The minimum atomic E-state index is -0.154. The highest BCUT2D eigenvalue weighted by Gasteiger charge is 2.36. The van der Waals surface area contributed by atoms with Crippen LogP contribution in [0.4, 0.5) is 5.82 Å². The number of hydrogen-bond acceptors (Lipinski definition) is 6. The molecule has 0 bridgehead atoms. The minimum absolute atomic E-state index is 0.154. The van der Waals surface area contributed by atoms with Crippen LogP contribution < -0.4 is 16.6 Å². The van der Waals surface area contributed by atoms with Gasteiger partial charge < -0.3 is 10.7 Å². The van der Waals surface area contributed by atoms with Crippen LogP contribution in [0.15, 0.2) is 12.1 Å². The molecule has 1 aromatic rings. The Morgan fingerprint density at radius 3 is 2.90 bits per heavy atom. The smallest absolute Gasteiger partial charge is 0.272 e. The third-order valence-electron chi connectivity index (χ3n) is 4.22. The van der Waals surface area contributed by atoms with Gasteiger partial charge in [-0.1, -0.05) is 6.42 Å². The van der Waals surface area contributed by atoms with E-state index in [-0.39, 0.29) is 11.9 Å². The summed E-state index contributed by atoms with van der Waals surface area (Å²) in [4.78, 5) is 14.7. The summed E-state index contributed by atoms with van der Waals surface area (Å²) < 4.78 is 0. The van der Waals surface area contributed by atoms with E-state index < -0.39 is 0 Å². The van der Waals surface area contributed by atoms with Crippen LogP contribution in [0.1, 0.15) is 36.2 Å². The maximum Gasteiger partial charge on any atom is 0.272 e. The van der Waals surface area contributed by atoms with Crippen molar-refractivity contribution in [2.45, 2.75) is 37.8 Å². The lowest BCUT2D eigenvalue weighted by Crippen LogP contribution is -2.47. The fraction of sp³-hybridized carbons (Fsp3) is 0.615. The van der Waals surface area contributed by atoms with E-state index in [2.05, 4.69) is 25.8 Å². The first-order valence-electron chi connectivity index (χ1n) is 7.13. The lowest BCUT2D eigenvalue weighted by molar-refractivity contribution is 0.0909. The molecule has 2 aliphatic rings. The number of piperidine rings is 1. The first-order chi connectivity index (χ1) is 9.78. The first-order valence-corrected chi connectivity index (χ1v) is 7.13. The standard InChI is InChI=1S/C13H20N6O/c14-16-12-5-4-10(17-18-12)13(20)15-9-6-8-19-7-2-1-3-11(9)19/h4-5,9,11H,1-3,6-8,14H2,(H,15,20)(H,16,18). The molecular formula is C13H20N6O. The Bertz CT molecular complexity index is 476. The van der Waals surface area contributed by atoms with Gasteiger partial charge in [-0.05, 0) is 37.9 Å². The molecule has 20 heavy (non-hydrogen) atoms. The summed E-state index contributed by atoms with van der Waals surface area (Å²) in [6.45, 7) is 2.24. The van der Waals surface area contributed by atoms with Crippen LogP contribution in [0.5, 0.6) is 0 Å². The fourth-order valence-electron chi connectivity index (χ4n) is 3.19. The van der Waals surface area contributed by atoms with Gasteiger partial charge in [-0.15, -0.1) is 10.2 Å². The molecule has 3 heterocycles. The van der Waals surface area contributed by atoms with E-state index in [9.17, 15) is 4.79 Å². The van der Waals surface area contributed by atoms with Crippen molar-refractivity contribution in [2.24, 2.45) is 5.84 Å². The highest BCUT2D eigenvalue weighted by molar-refractivity contribution is 5.92. The van der Waals surface area contributed by atoms with Crippen molar-refractivity contribution in [1.29, 1.82) is 0 Å². The largest absolute Gasteiger partial charge is 0.346 e. The van der Waals surface area contributed by atoms with Gasteiger partial charge in [0.15, 0.2) is 11.5 Å². The van der Waals surface area contributed by atoms with E-state index in [4.69, 9.17) is 5.84 Å². The van der Waals surface area contributed by atoms with Crippen LogP contribution in [0.2, 0.25) is 0 Å². The van der Waals surface area contributed by atoms with E-state index in [1.807, 2.05) is 0 Å². The maximum absolute atomic E-state index is 12.2. The SMILES string of the molecule is NNc1ccc(C(=O)NC2CCN3CCCCC23)nn1. The third-order valence-corrected chi connectivity index (χ3v) is 4.22. The van der Waals surface area contributed by atoms with Crippen molar-refractivity contribution < 1.29 is 4.79 Å². The number of hydrogen-bond donors (Lipinski definition) is 3. The normalized spacial score (nSPS) is 26.1. The second-order valence-electron chi connectivity index (χ2n) is 5.42. The van der Waals surface area contributed by atoms with Crippen LogP contribution in [0.3, 0.4) is 0 Å². The molecular weight excluding hydrogens is 256 g/mol. The van der Waals surface area contributed by atoms with E-state index in [1.165, 1.54) is 19.3 Å². The Hall–Kier alpha value is -1.73. The second-order valence-corrected chi connectivity index (χ2v) is 5.42. The number of nitrogen functional groups attached to an aromatic ring is 1. The maximum atomic E-state index is 12.2. The van der Waals surface area contributed by atoms with Crippen LogP contribution in [0, 0.1) is 0 Å². The minimum Gasteiger partial charge on any atom is -0.346 e. The monoisotopic (exact) mass is 276 g/mol. The van der Waals surface area contributed by atoms with E-state index in [0.717, 1.165) is 19.5 Å². The van der Waals surface area contributed by atoms with Crippen LogP contribution in [-0.4, -0.2) is 46.2 Å². The summed E-state index contributed by atoms with van der Waals surface area (Å²) in [5.74, 6) is 5.51. The second kappa shape index (κ2) is 5.72. The molecule has 2 atom stereocenters. The van der Waals surface area contributed by atoms with Gasteiger partial charge in [0.05, 0.1) is 0 Å². The highest BCUT2D eigenvalue weighted by atomic mass is 16.2. The van der Waals surface area contributed by atoms with Crippen LogP contribution in [-0.2, 0) is 0 Å². The number of rotatable bonds is 3. The number of carbonyl (C=O) groups is 1. The Balaban J connectivity index is 1.63. The quantitative estimate of drug-likeness (QED) is 0.536. The molecule has 1 amide bonds. The summed E-state index contributed by atoms with van der Waals surface area (Å²) in [6, 6.07) is 4.00. The van der Waals surface area contributed by atoms with Gasteiger partial charge in [0.2, 0.25) is 0 Å². The molecule has 2 saturated heterocycles. The topological polar surface area (TPSA) is 96.2 Å². The first kappa shape index (κ1) is 13.3. The van der Waals surface area contributed by atoms with Gasteiger partial charge in [-0.3, -0.25) is 9.69 Å². The number of nitrogens with two attached hydrogens (primary N) is 1. The number of anilines is 1. The zero-order valence-electron chi connectivity index (χ0n) is 11.4. The summed E-state index contributed by atoms with van der Waals surface area (Å²) in [7, 11) is 0. The van der Waals surface area contributed by atoms with E-state index in [1.54, 1.807) is 12.1 Å². The summed E-state index contributed by atoms with van der Waals surface area (Å²) in [5, 5.41) is 10.8. The Kier molecular flexibility index (Phi) is 3.79. The van der Waals surface area contributed by atoms with Gasteiger partial charge in [-0.25, -0.2) is 5.84 Å². The average molecular weight is 276 g/mol. The molecule has 2 aliphatic heterocycles. The lowest BCUT2D eigenvalue weighted by atomic mass is 9.99. The fourth-order valence-corrected chi connectivity index (χ4v) is 3.19. The molecule has 7 nitrogen and oxygen atoms in total. The summed E-state index contributed by atoms with van der Waals surface area (Å²) >= 11 is 0. The zero-order valence-corrected chi connectivity index (χ0v) is 11.4. The van der Waals surface area contributed by atoms with Gasteiger partial charge in [0, 0.05) is 18.6 Å². The van der Waals surface area contributed by atoms with Gasteiger partial charge in [0.25, 0.3) is 5.91 Å². The van der Waals surface area contributed by atoms with E-state index >= 15 is 0 Å². The number of carbonyl (C=O) groups excluding carboxylic acids is 1. The molecule has 7 heteroatoms. The Morgan fingerprint density at radius 2 is 2.15 bits per heavy atom.